The summed E-state index contributed by atoms with van der Waals surface area (Å²) >= 11 is 0. The number of carboxylic acids is 2. The fraction of sp³-hybridized carbons (Fsp3) is 0.143. The lowest BCUT2D eigenvalue weighted by Gasteiger charge is -1.93. The first-order valence-electron chi connectivity index (χ1n) is 3.32. The van der Waals surface area contributed by atoms with Crippen molar-refractivity contribution in [3.8, 4) is 0 Å². The minimum Gasteiger partial charge on any atom is -0.475 e. The van der Waals surface area contributed by atoms with Crippen LogP contribution in [0.1, 0.15) is 10.6 Å². The second-order valence-electron chi connectivity index (χ2n) is 2.09. The molecule has 1 rings (SSSR count). The van der Waals surface area contributed by atoms with Gasteiger partial charge in [0.2, 0.25) is 5.76 Å². The van der Waals surface area contributed by atoms with Gasteiger partial charge < -0.3 is 14.6 Å². The first-order chi connectivity index (χ1) is 6.75. The van der Waals surface area contributed by atoms with Crippen molar-refractivity contribution in [1.82, 2.24) is 0 Å². The molecule has 1 aromatic rings. The highest BCUT2D eigenvalue weighted by atomic mass is 19.4. The van der Waals surface area contributed by atoms with Crippen molar-refractivity contribution in [2.75, 3.05) is 0 Å². The number of aliphatic carboxylic acids is 1. The van der Waals surface area contributed by atoms with E-state index >= 15 is 0 Å². The Bertz CT molecular complexity index is 327. The molecule has 0 saturated carbocycles. The molecule has 0 fully saturated rings. The van der Waals surface area contributed by atoms with Crippen LogP contribution in [0.3, 0.4) is 0 Å². The number of alkyl halides is 3. The summed E-state index contributed by atoms with van der Waals surface area (Å²) in [4.78, 5) is 18.9. The summed E-state index contributed by atoms with van der Waals surface area (Å²) in [6.07, 6.45) is -3.76. The van der Waals surface area contributed by atoms with Gasteiger partial charge in [-0.2, -0.15) is 13.2 Å². The minimum atomic E-state index is -5.08. The molecule has 0 amide bonds. The van der Waals surface area contributed by atoms with Crippen molar-refractivity contribution >= 4 is 11.9 Å². The van der Waals surface area contributed by atoms with Crippen LogP contribution in [0.25, 0.3) is 0 Å². The lowest BCUT2D eigenvalue weighted by Crippen LogP contribution is -2.21. The first-order valence-corrected chi connectivity index (χ1v) is 3.32. The van der Waals surface area contributed by atoms with Crippen LogP contribution < -0.4 is 0 Å². The molecule has 84 valence electrons. The second-order valence-corrected chi connectivity index (χ2v) is 2.09. The number of carbonyl (C=O) groups is 2. The third-order valence-electron chi connectivity index (χ3n) is 0.974. The van der Waals surface area contributed by atoms with Crippen LogP contribution in [0.15, 0.2) is 22.8 Å². The number of hydrogen-bond donors (Lipinski definition) is 2. The van der Waals surface area contributed by atoms with Crippen molar-refractivity contribution in [3.63, 3.8) is 0 Å². The lowest BCUT2D eigenvalue weighted by molar-refractivity contribution is -0.192. The van der Waals surface area contributed by atoms with Gasteiger partial charge in [-0.1, -0.05) is 0 Å². The molecule has 0 aliphatic carbocycles. The van der Waals surface area contributed by atoms with Crippen molar-refractivity contribution in [3.05, 3.63) is 24.2 Å². The molecule has 0 aliphatic heterocycles. The number of furan rings is 1. The average molecular weight is 226 g/mol. The van der Waals surface area contributed by atoms with Gasteiger partial charge in [0.15, 0.2) is 0 Å². The lowest BCUT2D eigenvalue weighted by atomic mass is 10.5. The van der Waals surface area contributed by atoms with Crippen molar-refractivity contribution < 1.29 is 37.4 Å². The van der Waals surface area contributed by atoms with E-state index in [9.17, 15) is 18.0 Å². The molecule has 0 aromatic carbocycles. The van der Waals surface area contributed by atoms with Gasteiger partial charge in [-0.25, -0.2) is 9.59 Å². The Balaban J connectivity index is 0.000000265. The zero-order valence-corrected chi connectivity index (χ0v) is 6.99. The number of carboxylic acid groups (broad SMARTS) is 2. The van der Waals surface area contributed by atoms with E-state index in [1.54, 1.807) is 0 Å². The maximum absolute atomic E-state index is 10.6. The standard InChI is InChI=1S/C5H4O3.C2HF3O2/c6-5(7)4-2-1-3-8-4;3-2(4,5)1(6)7/h1-3H,(H,6,7);(H,6,7). The Morgan fingerprint density at radius 1 is 1.27 bits per heavy atom. The van der Waals surface area contributed by atoms with Gasteiger partial charge in [0.25, 0.3) is 0 Å². The topological polar surface area (TPSA) is 87.7 Å². The number of rotatable bonds is 1. The predicted molar refractivity (Wildman–Crippen MR) is 39.4 cm³/mol. The largest absolute Gasteiger partial charge is 0.490 e. The second kappa shape index (κ2) is 5.03. The Kier molecular flexibility index (Phi) is 4.36. The van der Waals surface area contributed by atoms with Gasteiger partial charge in [-0.15, -0.1) is 0 Å². The monoisotopic (exact) mass is 226 g/mol. The van der Waals surface area contributed by atoms with E-state index in [0.29, 0.717) is 0 Å². The first kappa shape index (κ1) is 13.0. The summed E-state index contributed by atoms with van der Waals surface area (Å²) in [5.41, 5.74) is 0. The summed E-state index contributed by atoms with van der Waals surface area (Å²) in [6.45, 7) is 0. The SMILES string of the molecule is O=C(O)C(F)(F)F.O=C(O)c1ccco1. The van der Waals surface area contributed by atoms with Crippen LogP contribution in [-0.4, -0.2) is 28.3 Å². The number of halogens is 3. The van der Waals surface area contributed by atoms with Gasteiger partial charge in [-0.05, 0) is 12.1 Å². The maximum Gasteiger partial charge on any atom is 0.490 e. The molecule has 0 spiro atoms. The molecule has 1 heterocycles. The van der Waals surface area contributed by atoms with Crippen LogP contribution in [0.2, 0.25) is 0 Å². The van der Waals surface area contributed by atoms with E-state index in [2.05, 4.69) is 4.42 Å². The molecule has 0 aliphatic rings. The Morgan fingerprint density at radius 3 is 1.87 bits per heavy atom. The van der Waals surface area contributed by atoms with E-state index < -0.39 is 18.1 Å². The zero-order chi connectivity index (χ0) is 12.1. The maximum atomic E-state index is 10.6. The Hall–Kier alpha value is -1.99. The third kappa shape index (κ3) is 5.34. The van der Waals surface area contributed by atoms with E-state index in [1.807, 2.05) is 0 Å². The summed E-state index contributed by atoms with van der Waals surface area (Å²) in [7, 11) is 0. The summed E-state index contributed by atoms with van der Waals surface area (Å²) in [5, 5.41) is 15.3. The van der Waals surface area contributed by atoms with Gasteiger partial charge >= 0.3 is 18.1 Å². The van der Waals surface area contributed by atoms with E-state index in [4.69, 9.17) is 15.0 Å². The minimum absolute atomic E-state index is 0.0231. The summed E-state index contributed by atoms with van der Waals surface area (Å²) in [6, 6.07) is 2.92. The number of aromatic carboxylic acids is 1. The molecule has 8 heteroatoms. The third-order valence-corrected chi connectivity index (χ3v) is 0.974. The molecular weight excluding hydrogens is 221 g/mol. The molecule has 2 N–H and O–H groups in total. The van der Waals surface area contributed by atoms with Gasteiger partial charge in [-0.3, -0.25) is 0 Å². The van der Waals surface area contributed by atoms with Gasteiger partial charge in [0, 0.05) is 0 Å². The van der Waals surface area contributed by atoms with E-state index in [1.165, 1.54) is 18.4 Å². The van der Waals surface area contributed by atoms with Crippen molar-refractivity contribution in [1.29, 1.82) is 0 Å². The molecule has 1 aromatic heterocycles. The van der Waals surface area contributed by atoms with Crippen LogP contribution in [0, 0.1) is 0 Å². The predicted octanol–water partition coefficient (Wildman–Crippen LogP) is 1.61. The van der Waals surface area contributed by atoms with Crippen molar-refractivity contribution in [2.45, 2.75) is 6.18 Å². The normalized spacial score (nSPS) is 10.1. The molecule has 0 bridgehead atoms. The molecule has 0 radical (unpaired) electrons. The zero-order valence-electron chi connectivity index (χ0n) is 6.99. The molecule has 5 nitrogen and oxygen atoms in total. The highest BCUT2D eigenvalue weighted by Crippen LogP contribution is 2.13. The number of hydrogen-bond acceptors (Lipinski definition) is 3. The fourth-order valence-corrected chi connectivity index (χ4v) is 0.400. The van der Waals surface area contributed by atoms with E-state index in [0.717, 1.165) is 0 Å². The Morgan fingerprint density at radius 2 is 1.73 bits per heavy atom. The quantitative estimate of drug-likeness (QED) is 0.759. The van der Waals surface area contributed by atoms with Crippen LogP contribution in [0.4, 0.5) is 13.2 Å². The summed E-state index contributed by atoms with van der Waals surface area (Å²) < 4.78 is 36.2. The smallest absolute Gasteiger partial charge is 0.475 e. The van der Waals surface area contributed by atoms with Gasteiger partial charge in [0.1, 0.15) is 0 Å². The summed E-state index contributed by atoms with van der Waals surface area (Å²) in [5.74, 6) is -3.81. The molecule has 0 atom stereocenters. The van der Waals surface area contributed by atoms with Crippen molar-refractivity contribution in [2.24, 2.45) is 0 Å². The van der Waals surface area contributed by atoms with E-state index in [-0.39, 0.29) is 5.76 Å². The van der Waals surface area contributed by atoms with Crippen LogP contribution in [-0.2, 0) is 4.79 Å². The van der Waals surface area contributed by atoms with Crippen LogP contribution >= 0.6 is 0 Å². The van der Waals surface area contributed by atoms with Gasteiger partial charge in [0.05, 0.1) is 6.26 Å². The highest BCUT2D eigenvalue weighted by Gasteiger charge is 2.38. The molecule has 0 saturated heterocycles. The molecule has 15 heavy (non-hydrogen) atoms. The highest BCUT2D eigenvalue weighted by molar-refractivity contribution is 5.84. The fourth-order valence-electron chi connectivity index (χ4n) is 0.400. The van der Waals surface area contributed by atoms with Crippen LogP contribution in [0.5, 0.6) is 0 Å². The Labute approximate surface area is 80.7 Å². The average Bonchev–Trinajstić information content (AvgIpc) is 2.54. The molecular formula is C7H5F3O5. The molecule has 0 unspecified atom stereocenters.